The van der Waals surface area contributed by atoms with Crippen LogP contribution < -0.4 is 20.4 Å². The fraction of sp³-hybridized carbons (Fsp3) is 0.400. The molecule has 12 nitrogen and oxygen atoms in total. The van der Waals surface area contributed by atoms with Gasteiger partial charge in [0, 0.05) is 74.5 Å². The summed E-state index contributed by atoms with van der Waals surface area (Å²) in [5.74, 6) is -2.15. The van der Waals surface area contributed by atoms with Crippen LogP contribution in [-0.4, -0.2) is 103 Å². The molecule has 376 valence electrons. The molecule has 2 aliphatic heterocycles. The molecule has 0 saturated carbocycles. The van der Waals surface area contributed by atoms with Crippen LogP contribution in [0, 0.1) is 0 Å². The van der Waals surface area contributed by atoms with Crippen LogP contribution in [0.25, 0.3) is 65.3 Å². The van der Waals surface area contributed by atoms with Crippen molar-refractivity contribution < 1.29 is 38.1 Å². The molecular formula is C60H68N4O8. The first-order valence-electron chi connectivity index (χ1n) is 26.4. The van der Waals surface area contributed by atoms with Crippen molar-refractivity contribution in [2.45, 2.75) is 79.1 Å². The van der Waals surface area contributed by atoms with Crippen LogP contribution in [0.15, 0.2) is 84.9 Å². The largest absolute Gasteiger partial charge is 0.462 e. The quantitative estimate of drug-likeness (QED) is 0.0247. The summed E-state index contributed by atoms with van der Waals surface area (Å²) >= 11 is 0. The molecule has 2 aliphatic rings. The Hall–Kier alpha value is -6.76. The molecule has 2 N–H and O–H groups in total. The van der Waals surface area contributed by atoms with E-state index in [1.54, 1.807) is 12.1 Å². The molecule has 72 heavy (non-hydrogen) atoms. The number of hydrogen-bond donors (Lipinski definition) is 2. The Labute approximate surface area is 422 Å². The van der Waals surface area contributed by atoms with Gasteiger partial charge in [0.05, 0.1) is 48.7 Å². The number of fused-ring (bicyclic) bond motifs is 2. The highest BCUT2D eigenvalue weighted by molar-refractivity contribution is 6.42. The molecule has 0 radical (unpaired) electrons. The number of carbonyl (C=O) groups is 4. The zero-order valence-corrected chi connectivity index (χ0v) is 42.4. The Morgan fingerprint density at radius 3 is 1.04 bits per heavy atom. The first kappa shape index (κ1) is 50.2. The third kappa shape index (κ3) is 10.2. The van der Waals surface area contributed by atoms with E-state index in [2.05, 4.69) is 69.0 Å². The number of ether oxygens (including phenoxy) is 4. The number of anilines is 2. The molecule has 0 amide bonds. The van der Waals surface area contributed by atoms with Crippen LogP contribution >= 0.6 is 0 Å². The number of carbonyl (C=O) groups excluding carboxylic acids is 4. The SMILES string of the molecule is CCCCOC(=O)c1ccc2c3c(-c4ccc(N5CCNCC5)cc4)cc(C(=O)OCCCC)c4c(C(=O)OCCCC)ccc(c5c(-c6ccc(N7CCNCC7)cc6)cc(C(=O)OCCCC)c1c25)c43. The van der Waals surface area contributed by atoms with Gasteiger partial charge >= 0.3 is 23.9 Å². The monoisotopic (exact) mass is 973 g/mol. The Bertz CT molecular complexity index is 2860. The predicted octanol–water partition coefficient (Wildman–Crippen LogP) is 11.7. The molecule has 0 spiro atoms. The lowest BCUT2D eigenvalue weighted by Gasteiger charge is -2.29. The van der Waals surface area contributed by atoms with Gasteiger partial charge in [-0.15, -0.1) is 0 Å². The normalized spacial score (nSPS) is 14.1. The minimum atomic E-state index is -0.538. The molecule has 0 unspecified atom stereocenters. The third-order valence-electron chi connectivity index (χ3n) is 14.2. The van der Waals surface area contributed by atoms with E-state index in [1.807, 2.05) is 52.0 Å². The van der Waals surface area contributed by atoms with Crippen molar-refractivity contribution in [3.63, 3.8) is 0 Å². The van der Waals surface area contributed by atoms with Gasteiger partial charge in [0.25, 0.3) is 0 Å². The summed E-state index contributed by atoms with van der Waals surface area (Å²) in [6, 6.07) is 27.9. The Balaban J connectivity index is 1.43. The van der Waals surface area contributed by atoms with E-state index in [4.69, 9.17) is 18.9 Å². The Morgan fingerprint density at radius 1 is 0.403 bits per heavy atom. The van der Waals surface area contributed by atoms with Crippen LogP contribution in [0.1, 0.15) is 120 Å². The van der Waals surface area contributed by atoms with Crippen LogP contribution in [-0.2, 0) is 18.9 Å². The third-order valence-corrected chi connectivity index (χ3v) is 14.2. The Morgan fingerprint density at radius 2 is 0.722 bits per heavy atom. The van der Waals surface area contributed by atoms with E-state index in [9.17, 15) is 19.2 Å². The highest BCUT2D eigenvalue weighted by atomic mass is 16.5. The number of nitrogens with one attached hydrogen (secondary N) is 2. The van der Waals surface area contributed by atoms with Crippen LogP contribution in [0.5, 0.6) is 0 Å². The van der Waals surface area contributed by atoms with Gasteiger partial charge in [-0.1, -0.05) is 89.8 Å². The fourth-order valence-electron chi connectivity index (χ4n) is 10.3. The second-order valence-electron chi connectivity index (χ2n) is 19.0. The van der Waals surface area contributed by atoms with Crippen molar-refractivity contribution in [3.05, 3.63) is 107 Å². The van der Waals surface area contributed by atoms with Gasteiger partial charge in [-0.2, -0.15) is 0 Å². The second kappa shape index (κ2) is 23.2. The predicted molar refractivity (Wildman–Crippen MR) is 289 cm³/mol. The summed E-state index contributed by atoms with van der Waals surface area (Å²) in [6.07, 6.45) is 6.07. The van der Waals surface area contributed by atoms with Crippen molar-refractivity contribution in [2.75, 3.05) is 88.6 Å². The molecule has 12 heteroatoms. The minimum absolute atomic E-state index is 0.216. The summed E-state index contributed by atoms with van der Waals surface area (Å²) < 4.78 is 24.0. The van der Waals surface area contributed by atoms with Crippen molar-refractivity contribution in [2.24, 2.45) is 0 Å². The number of benzene rings is 7. The second-order valence-corrected chi connectivity index (χ2v) is 19.0. The molecule has 0 aromatic heterocycles. The van der Waals surface area contributed by atoms with E-state index < -0.39 is 23.9 Å². The number of piperazine rings is 2. The first-order chi connectivity index (χ1) is 35.3. The van der Waals surface area contributed by atoms with E-state index in [1.165, 1.54) is 0 Å². The fourth-order valence-corrected chi connectivity index (χ4v) is 10.3. The summed E-state index contributed by atoms with van der Waals surface area (Å²) in [4.78, 5) is 63.3. The highest BCUT2D eigenvalue weighted by Crippen LogP contribution is 2.51. The van der Waals surface area contributed by atoms with Gasteiger partial charge < -0.3 is 39.4 Å². The molecule has 9 rings (SSSR count). The molecule has 2 heterocycles. The van der Waals surface area contributed by atoms with Crippen LogP contribution in [0.2, 0.25) is 0 Å². The molecule has 0 atom stereocenters. The minimum Gasteiger partial charge on any atom is -0.462 e. The molecule has 0 bridgehead atoms. The average Bonchev–Trinajstić information content (AvgIpc) is 3.42. The highest BCUT2D eigenvalue weighted by Gasteiger charge is 2.31. The van der Waals surface area contributed by atoms with Crippen molar-refractivity contribution in [1.82, 2.24) is 10.6 Å². The van der Waals surface area contributed by atoms with Gasteiger partial charge in [0.2, 0.25) is 0 Å². The van der Waals surface area contributed by atoms with Crippen molar-refractivity contribution >= 4 is 78.3 Å². The van der Waals surface area contributed by atoms with Gasteiger partial charge in [-0.3, -0.25) is 0 Å². The van der Waals surface area contributed by atoms with Crippen LogP contribution in [0.3, 0.4) is 0 Å². The zero-order valence-electron chi connectivity index (χ0n) is 42.4. The summed E-state index contributed by atoms with van der Waals surface area (Å²) in [6.45, 7) is 16.1. The van der Waals surface area contributed by atoms with E-state index in [-0.39, 0.29) is 48.7 Å². The average molecular weight is 973 g/mol. The van der Waals surface area contributed by atoms with Crippen LogP contribution in [0.4, 0.5) is 11.4 Å². The molecular weight excluding hydrogens is 905 g/mol. The molecule has 2 saturated heterocycles. The van der Waals surface area contributed by atoms with Gasteiger partial charge in [0.15, 0.2) is 0 Å². The van der Waals surface area contributed by atoms with E-state index in [0.717, 1.165) is 133 Å². The number of hydrogen-bond acceptors (Lipinski definition) is 12. The molecule has 0 aliphatic carbocycles. The maximum Gasteiger partial charge on any atom is 0.338 e. The molecule has 7 aromatic carbocycles. The Kier molecular flexibility index (Phi) is 16.2. The summed E-state index contributed by atoms with van der Waals surface area (Å²) in [7, 11) is 0. The maximum atomic E-state index is 14.8. The molecule has 7 aromatic rings. The topological polar surface area (TPSA) is 136 Å². The number of unbranched alkanes of at least 4 members (excludes halogenated alkanes) is 4. The number of esters is 4. The summed E-state index contributed by atoms with van der Waals surface area (Å²) in [5, 5.41) is 12.1. The zero-order chi connectivity index (χ0) is 50.1. The van der Waals surface area contributed by atoms with Gasteiger partial charge in [-0.25, -0.2) is 19.2 Å². The van der Waals surface area contributed by atoms with E-state index in [0.29, 0.717) is 47.2 Å². The smallest absolute Gasteiger partial charge is 0.338 e. The van der Waals surface area contributed by atoms with Crippen molar-refractivity contribution in [3.8, 4) is 22.3 Å². The molecule has 2 fully saturated rings. The maximum absolute atomic E-state index is 14.8. The first-order valence-corrected chi connectivity index (χ1v) is 26.4. The van der Waals surface area contributed by atoms with E-state index >= 15 is 0 Å². The lowest BCUT2D eigenvalue weighted by Crippen LogP contribution is -2.43. The van der Waals surface area contributed by atoms with Crippen molar-refractivity contribution in [1.29, 1.82) is 0 Å². The standard InChI is InChI=1S/C60H68N4O8/c1-5-9-33-69-57(65)45-23-21-43-52-48(40-15-19-42(20-16-40)64-31-27-62-28-32-64)38-50(60(68)72-36-12-8-4)54-46(58(66)70-34-10-6-2)24-22-44(56(52)54)51-47(37-49(53(45)55(43)51)59(67)71-35-11-7-3)39-13-17-41(18-14-39)63-29-25-61-26-30-63/h13-24,37-38,61-62H,5-12,25-36H2,1-4H3. The number of rotatable bonds is 20. The number of nitrogens with zero attached hydrogens (tertiary/aromatic N) is 2. The lowest BCUT2D eigenvalue weighted by molar-refractivity contribution is 0.0485. The summed E-state index contributed by atoms with van der Waals surface area (Å²) in [5.41, 5.74) is 6.34. The van der Waals surface area contributed by atoms with Gasteiger partial charge in [0.1, 0.15) is 0 Å². The lowest BCUT2D eigenvalue weighted by atomic mass is 9.79. The van der Waals surface area contributed by atoms with Gasteiger partial charge in [-0.05, 0) is 129 Å².